The van der Waals surface area contributed by atoms with E-state index >= 15 is 0 Å². The number of likely N-dealkylation sites (tertiary alicyclic amines) is 1. The van der Waals surface area contributed by atoms with Crippen LogP contribution in [0.3, 0.4) is 0 Å². The first-order chi connectivity index (χ1) is 11.6. The minimum Gasteiger partial charge on any atom is -0.387 e. The van der Waals surface area contributed by atoms with Crippen LogP contribution in [-0.4, -0.2) is 35.7 Å². The van der Waals surface area contributed by atoms with Crippen LogP contribution in [0.5, 0.6) is 0 Å². The van der Waals surface area contributed by atoms with E-state index in [1.165, 1.54) is 11.1 Å². The van der Waals surface area contributed by atoms with Crippen LogP contribution in [0.2, 0.25) is 0 Å². The van der Waals surface area contributed by atoms with E-state index in [-0.39, 0.29) is 0 Å². The van der Waals surface area contributed by atoms with Crippen LogP contribution in [0.15, 0.2) is 54.6 Å². The van der Waals surface area contributed by atoms with Crippen molar-refractivity contribution in [1.29, 1.82) is 0 Å². The van der Waals surface area contributed by atoms with Gasteiger partial charge in [0.15, 0.2) is 0 Å². The zero-order valence-corrected chi connectivity index (χ0v) is 14.7. The van der Waals surface area contributed by atoms with E-state index < -0.39 is 6.10 Å². The molecule has 2 N–H and O–H groups in total. The topological polar surface area (TPSA) is 35.5 Å². The molecule has 0 saturated carbocycles. The van der Waals surface area contributed by atoms with Crippen molar-refractivity contribution in [3.63, 3.8) is 0 Å². The molecule has 0 bridgehead atoms. The lowest BCUT2D eigenvalue weighted by Gasteiger charge is -2.25. The van der Waals surface area contributed by atoms with Crippen molar-refractivity contribution in [2.24, 2.45) is 0 Å². The molecule has 1 fully saturated rings. The van der Waals surface area contributed by atoms with Crippen LogP contribution < -0.4 is 5.32 Å². The van der Waals surface area contributed by atoms with Gasteiger partial charge in [0.05, 0.1) is 6.10 Å². The summed E-state index contributed by atoms with van der Waals surface area (Å²) in [5, 5.41) is 13.9. The predicted molar refractivity (Wildman–Crippen MR) is 99.0 cm³/mol. The lowest BCUT2D eigenvalue weighted by Crippen LogP contribution is -2.35. The summed E-state index contributed by atoms with van der Waals surface area (Å²) in [7, 11) is 0. The van der Waals surface area contributed by atoms with E-state index in [0.717, 1.165) is 25.1 Å². The molecule has 128 valence electrons. The normalized spacial score (nSPS) is 20.9. The SMILES string of the molecule is Cc1ccc([C@H](O)CN[C@H]2CCN([C@@H](C)c3ccccc3)C2)cc1. The monoisotopic (exact) mass is 324 g/mol. The molecule has 0 aromatic heterocycles. The Balaban J connectivity index is 1.48. The van der Waals surface area contributed by atoms with Crippen molar-refractivity contribution >= 4 is 0 Å². The van der Waals surface area contributed by atoms with Crippen LogP contribution in [0, 0.1) is 6.92 Å². The fourth-order valence-corrected chi connectivity index (χ4v) is 3.43. The van der Waals surface area contributed by atoms with Gasteiger partial charge in [0, 0.05) is 31.7 Å². The Bertz CT molecular complexity index is 626. The van der Waals surface area contributed by atoms with Gasteiger partial charge in [-0.25, -0.2) is 0 Å². The number of aliphatic hydroxyl groups is 1. The molecule has 0 spiro atoms. The van der Waals surface area contributed by atoms with Gasteiger partial charge in [0.2, 0.25) is 0 Å². The molecule has 3 nitrogen and oxygen atoms in total. The summed E-state index contributed by atoms with van der Waals surface area (Å²) in [5.74, 6) is 0. The summed E-state index contributed by atoms with van der Waals surface area (Å²) in [6.07, 6.45) is 0.698. The number of hydrogen-bond acceptors (Lipinski definition) is 3. The van der Waals surface area contributed by atoms with E-state index in [9.17, 15) is 5.11 Å². The van der Waals surface area contributed by atoms with Crippen LogP contribution in [0.1, 0.15) is 42.2 Å². The molecule has 2 aromatic rings. The second-order valence-electron chi connectivity index (χ2n) is 6.90. The summed E-state index contributed by atoms with van der Waals surface area (Å²) < 4.78 is 0. The van der Waals surface area contributed by atoms with Gasteiger partial charge in [0.25, 0.3) is 0 Å². The maximum atomic E-state index is 10.3. The van der Waals surface area contributed by atoms with Crippen molar-refractivity contribution in [2.45, 2.75) is 38.5 Å². The molecule has 1 aliphatic rings. The second kappa shape index (κ2) is 7.93. The van der Waals surface area contributed by atoms with Gasteiger partial charge in [-0.1, -0.05) is 60.2 Å². The number of hydrogen-bond donors (Lipinski definition) is 2. The average molecular weight is 324 g/mol. The quantitative estimate of drug-likeness (QED) is 0.854. The minimum atomic E-state index is -0.439. The maximum Gasteiger partial charge on any atom is 0.0914 e. The number of nitrogens with one attached hydrogen (secondary N) is 1. The van der Waals surface area contributed by atoms with Crippen molar-refractivity contribution in [3.05, 3.63) is 71.3 Å². The maximum absolute atomic E-state index is 10.3. The highest BCUT2D eigenvalue weighted by molar-refractivity contribution is 5.23. The van der Waals surface area contributed by atoms with Gasteiger partial charge in [-0.15, -0.1) is 0 Å². The number of aliphatic hydroxyl groups excluding tert-OH is 1. The van der Waals surface area contributed by atoms with Crippen molar-refractivity contribution in [1.82, 2.24) is 10.2 Å². The Labute approximate surface area is 145 Å². The molecule has 2 aromatic carbocycles. The molecular weight excluding hydrogens is 296 g/mol. The molecule has 1 aliphatic heterocycles. The molecule has 0 aliphatic carbocycles. The Morgan fingerprint density at radius 3 is 2.50 bits per heavy atom. The third kappa shape index (κ3) is 4.23. The predicted octanol–water partition coefficient (Wildman–Crippen LogP) is 3.45. The standard InChI is InChI=1S/C21H28N2O/c1-16-8-10-19(11-9-16)21(24)14-22-20-12-13-23(15-20)17(2)18-6-4-3-5-7-18/h3-11,17,20-22,24H,12-15H2,1-2H3/t17-,20-,21+/m0/s1. The number of aryl methyl sites for hydroxylation is 1. The summed E-state index contributed by atoms with van der Waals surface area (Å²) in [5.41, 5.74) is 3.58. The van der Waals surface area contributed by atoms with Gasteiger partial charge < -0.3 is 10.4 Å². The van der Waals surface area contributed by atoms with Crippen LogP contribution in [0.25, 0.3) is 0 Å². The molecular formula is C21H28N2O. The molecule has 3 rings (SSSR count). The molecule has 3 atom stereocenters. The van der Waals surface area contributed by atoms with Gasteiger partial charge in [-0.05, 0) is 31.4 Å². The zero-order chi connectivity index (χ0) is 16.9. The van der Waals surface area contributed by atoms with Gasteiger partial charge >= 0.3 is 0 Å². The first-order valence-corrected chi connectivity index (χ1v) is 8.90. The van der Waals surface area contributed by atoms with Gasteiger partial charge in [-0.3, -0.25) is 4.90 Å². The minimum absolute atomic E-state index is 0.439. The summed E-state index contributed by atoms with van der Waals surface area (Å²) in [6.45, 7) is 7.10. The van der Waals surface area contributed by atoms with Crippen molar-refractivity contribution in [3.8, 4) is 0 Å². The highest BCUT2D eigenvalue weighted by Gasteiger charge is 2.26. The Kier molecular flexibility index (Phi) is 5.67. The highest BCUT2D eigenvalue weighted by atomic mass is 16.3. The molecule has 0 unspecified atom stereocenters. The third-order valence-corrected chi connectivity index (χ3v) is 5.11. The van der Waals surface area contributed by atoms with E-state index in [1.54, 1.807) is 0 Å². The van der Waals surface area contributed by atoms with Crippen molar-refractivity contribution in [2.75, 3.05) is 19.6 Å². The van der Waals surface area contributed by atoms with Crippen LogP contribution in [-0.2, 0) is 0 Å². The van der Waals surface area contributed by atoms with Crippen LogP contribution in [0.4, 0.5) is 0 Å². The smallest absolute Gasteiger partial charge is 0.0914 e. The largest absolute Gasteiger partial charge is 0.387 e. The summed E-state index contributed by atoms with van der Waals surface area (Å²) >= 11 is 0. The summed E-state index contributed by atoms with van der Waals surface area (Å²) in [4.78, 5) is 2.52. The van der Waals surface area contributed by atoms with E-state index in [0.29, 0.717) is 18.6 Å². The van der Waals surface area contributed by atoms with E-state index in [4.69, 9.17) is 0 Å². The number of benzene rings is 2. The fourth-order valence-electron chi connectivity index (χ4n) is 3.43. The Hall–Kier alpha value is -1.68. The van der Waals surface area contributed by atoms with Crippen LogP contribution >= 0.6 is 0 Å². The first kappa shape index (κ1) is 17.2. The Morgan fingerprint density at radius 1 is 1.08 bits per heavy atom. The van der Waals surface area contributed by atoms with Gasteiger partial charge in [0.1, 0.15) is 0 Å². The number of nitrogens with zero attached hydrogens (tertiary/aromatic N) is 1. The first-order valence-electron chi connectivity index (χ1n) is 8.90. The zero-order valence-electron chi connectivity index (χ0n) is 14.7. The summed E-state index contributed by atoms with van der Waals surface area (Å²) in [6, 6.07) is 19.7. The molecule has 3 heteroatoms. The second-order valence-corrected chi connectivity index (χ2v) is 6.90. The Morgan fingerprint density at radius 2 is 1.79 bits per heavy atom. The fraction of sp³-hybridized carbons (Fsp3) is 0.429. The average Bonchev–Trinajstić information content (AvgIpc) is 3.09. The highest BCUT2D eigenvalue weighted by Crippen LogP contribution is 2.24. The molecule has 0 amide bonds. The molecule has 0 radical (unpaired) electrons. The number of rotatable bonds is 6. The lowest BCUT2D eigenvalue weighted by atomic mass is 10.1. The van der Waals surface area contributed by atoms with Gasteiger partial charge in [-0.2, -0.15) is 0 Å². The third-order valence-electron chi connectivity index (χ3n) is 5.11. The molecule has 24 heavy (non-hydrogen) atoms. The molecule has 1 saturated heterocycles. The van der Waals surface area contributed by atoms with E-state index in [1.807, 2.05) is 12.1 Å². The molecule has 1 heterocycles. The lowest BCUT2D eigenvalue weighted by molar-refractivity contribution is 0.168. The van der Waals surface area contributed by atoms with E-state index in [2.05, 4.69) is 66.5 Å². The van der Waals surface area contributed by atoms with Crippen molar-refractivity contribution < 1.29 is 5.11 Å².